The second kappa shape index (κ2) is 6.41. The summed E-state index contributed by atoms with van der Waals surface area (Å²) in [4.78, 5) is 17.7. The highest BCUT2D eigenvalue weighted by atomic mass is 32.1. The number of para-hydroxylation sites is 1. The van der Waals surface area contributed by atoms with E-state index in [1.807, 2.05) is 61.5 Å². The maximum atomic E-state index is 12.9. The number of rotatable bonds is 3. The molecule has 122 valence electrons. The third-order valence-electron chi connectivity index (χ3n) is 3.99. The van der Waals surface area contributed by atoms with E-state index >= 15 is 0 Å². The van der Waals surface area contributed by atoms with Gasteiger partial charge in [0.1, 0.15) is 5.51 Å². The van der Waals surface area contributed by atoms with Crippen molar-refractivity contribution in [2.75, 3.05) is 5.32 Å². The summed E-state index contributed by atoms with van der Waals surface area (Å²) in [5.41, 5.74) is 5.61. The van der Waals surface area contributed by atoms with Gasteiger partial charge in [-0.1, -0.05) is 59.9 Å². The average molecular weight is 346 g/mol. The number of nitrogens with one attached hydrogen (secondary N) is 1. The topological polar surface area (TPSA) is 67.8 Å². The molecule has 2 heterocycles. The van der Waals surface area contributed by atoms with Crippen molar-refractivity contribution in [2.45, 2.75) is 6.92 Å². The Bertz CT molecular complexity index is 1050. The van der Waals surface area contributed by atoms with Gasteiger partial charge >= 0.3 is 0 Å². The van der Waals surface area contributed by atoms with Crippen LogP contribution in [0.15, 0.2) is 60.1 Å². The molecule has 2 aromatic carbocycles. The van der Waals surface area contributed by atoms with Crippen LogP contribution in [-0.2, 0) is 0 Å². The summed E-state index contributed by atoms with van der Waals surface area (Å²) in [6.45, 7) is 1.93. The molecule has 0 radical (unpaired) electrons. The summed E-state index contributed by atoms with van der Waals surface area (Å²) in [5, 5.41) is 11.8. The first-order chi connectivity index (χ1) is 12.2. The highest BCUT2D eigenvalue weighted by Gasteiger charge is 2.19. The Morgan fingerprint density at radius 3 is 2.56 bits per heavy atom. The molecule has 0 aliphatic rings. The van der Waals surface area contributed by atoms with E-state index in [1.54, 1.807) is 5.51 Å². The maximum absolute atomic E-state index is 12.9. The van der Waals surface area contributed by atoms with E-state index in [4.69, 9.17) is 4.98 Å². The first-order valence-corrected chi connectivity index (χ1v) is 8.64. The first kappa shape index (κ1) is 15.4. The summed E-state index contributed by atoms with van der Waals surface area (Å²) < 4.78 is 0. The summed E-state index contributed by atoms with van der Waals surface area (Å²) in [7, 11) is 0. The van der Waals surface area contributed by atoms with Crippen LogP contribution < -0.4 is 5.32 Å². The summed E-state index contributed by atoms with van der Waals surface area (Å²) in [6.07, 6.45) is 0. The molecule has 0 saturated carbocycles. The standard InChI is InChI=1S/C19H14N4OS/c1-12-16(18(24)22-19-23-20-11-25-19)14-9-5-6-10-15(14)21-17(12)13-7-3-2-4-8-13/h2-11H,1H3,(H,22,23,24). The molecule has 0 fully saturated rings. The van der Waals surface area contributed by atoms with Gasteiger partial charge in [-0.2, -0.15) is 0 Å². The minimum absolute atomic E-state index is 0.204. The van der Waals surface area contributed by atoms with Gasteiger partial charge in [0.15, 0.2) is 0 Å². The van der Waals surface area contributed by atoms with Crippen LogP contribution in [0, 0.1) is 6.92 Å². The lowest BCUT2D eigenvalue weighted by atomic mass is 9.97. The zero-order valence-electron chi connectivity index (χ0n) is 13.4. The van der Waals surface area contributed by atoms with Crippen molar-refractivity contribution in [1.29, 1.82) is 0 Å². The summed E-state index contributed by atoms with van der Waals surface area (Å²) >= 11 is 1.29. The molecule has 0 atom stereocenters. The molecule has 1 amide bonds. The van der Waals surface area contributed by atoms with Gasteiger partial charge in [0, 0.05) is 10.9 Å². The molecule has 0 unspecified atom stereocenters. The lowest BCUT2D eigenvalue weighted by Gasteiger charge is -2.14. The lowest BCUT2D eigenvalue weighted by molar-refractivity contribution is 0.102. The fourth-order valence-electron chi connectivity index (χ4n) is 2.86. The van der Waals surface area contributed by atoms with Crippen molar-refractivity contribution >= 4 is 33.3 Å². The molecule has 0 spiro atoms. The number of carbonyl (C=O) groups is 1. The van der Waals surface area contributed by atoms with Gasteiger partial charge in [0.2, 0.25) is 5.13 Å². The number of amides is 1. The van der Waals surface area contributed by atoms with Crippen LogP contribution in [-0.4, -0.2) is 21.1 Å². The van der Waals surface area contributed by atoms with Gasteiger partial charge in [0.25, 0.3) is 5.91 Å². The van der Waals surface area contributed by atoms with Crippen molar-refractivity contribution < 1.29 is 4.79 Å². The number of benzene rings is 2. The molecular weight excluding hydrogens is 332 g/mol. The zero-order valence-corrected chi connectivity index (χ0v) is 14.2. The Kier molecular flexibility index (Phi) is 3.95. The minimum Gasteiger partial charge on any atom is -0.296 e. The number of hydrogen-bond donors (Lipinski definition) is 1. The van der Waals surface area contributed by atoms with E-state index in [0.717, 1.165) is 27.7 Å². The molecule has 0 saturated heterocycles. The maximum Gasteiger partial charge on any atom is 0.258 e. The Labute approximate surface area is 148 Å². The van der Waals surface area contributed by atoms with Gasteiger partial charge in [-0.3, -0.25) is 10.1 Å². The van der Waals surface area contributed by atoms with Gasteiger partial charge in [-0.05, 0) is 18.6 Å². The number of anilines is 1. The number of carbonyl (C=O) groups excluding carboxylic acids is 1. The Morgan fingerprint density at radius 1 is 1.04 bits per heavy atom. The SMILES string of the molecule is Cc1c(-c2ccccc2)nc2ccccc2c1C(=O)Nc1nncs1. The van der Waals surface area contributed by atoms with Gasteiger partial charge < -0.3 is 0 Å². The predicted molar refractivity (Wildman–Crippen MR) is 99.8 cm³/mol. The molecule has 4 aromatic rings. The molecule has 0 bridgehead atoms. The molecule has 0 aliphatic carbocycles. The normalized spacial score (nSPS) is 10.8. The molecule has 4 rings (SSSR count). The monoisotopic (exact) mass is 346 g/mol. The van der Waals surface area contributed by atoms with Crippen LogP contribution in [0.1, 0.15) is 15.9 Å². The van der Waals surface area contributed by atoms with Crippen molar-refractivity contribution in [3.05, 3.63) is 71.2 Å². The summed E-state index contributed by atoms with van der Waals surface area (Å²) in [6, 6.07) is 17.6. The smallest absolute Gasteiger partial charge is 0.258 e. The molecule has 0 aliphatic heterocycles. The number of fused-ring (bicyclic) bond motifs is 1. The van der Waals surface area contributed by atoms with Crippen LogP contribution >= 0.6 is 11.3 Å². The van der Waals surface area contributed by atoms with E-state index in [9.17, 15) is 4.79 Å². The highest BCUT2D eigenvalue weighted by Crippen LogP contribution is 2.30. The van der Waals surface area contributed by atoms with E-state index in [2.05, 4.69) is 15.5 Å². The predicted octanol–water partition coefficient (Wildman–Crippen LogP) is 4.31. The largest absolute Gasteiger partial charge is 0.296 e. The van der Waals surface area contributed by atoms with Crippen LogP contribution in [0.4, 0.5) is 5.13 Å². The number of nitrogens with zero attached hydrogens (tertiary/aromatic N) is 3. The van der Waals surface area contributed by atoms with Crippen molar-refractivity contribution in [3.63, 3.8) is 0 Å². The minimum atomic E-state index is -0.204. The molecule has 5 nitrogen and oxygen atoms in total. The zero-order chi connectivity index (χ0) is 17.2. The Balaban J connectivity index is 1.92. The van der Waals surface area contributed by atoms with E-state index in [1.165, 1.54) is 11.3 Å². The quantitative estimate of drug-likeness (QED) is 0.600. The second-order valence-corrected chi connectivity index (χ2v) is 6.37. The molecular formula is C19H14N4OS. The van der Waals surface area contributed by atoms with E-state index < -0.39 is 0 Å². The number of aromatic nitrogens is 3. The number of pyridine rings is 1. The molecule has 6 heteroatoms. The molecule has 1 N–H and O–H groups in total. The van der Waals surface area contributed by atoms with E-state index in [0.29, 0.717) is 10.7 Å². The van der Waals surface area contributed by atoms with Gasteiger partial charge in [-0.25, -0.2) is 4.98 Å². The van der Waals surface area contributed by atoms with Gasteiger partial charge in [-0.15, -0.1) is 10.2 Å². The first-order valence-electron chi connectivity index (χ1n) is 7.76. The van der Waals surface area contributed by atoms with Gasteiger partial charge in [0.05, 0.1) is 16.8 Å². The number of hydrogen-bond acceptors (Lipinski definition) is 5. The third kappa shape index (κ3) is 2.88. The van der Waals surface area contributed by atoms with Crippen LogP contribution in [0.5, 0.6) is 0 Å². The average Bonchev–Trinajstić information content (AvgIpc) is 3.14. The van der Waals surface area contributed by atoms with E-state index in [-0.39, 0.29) is 5.91 Å². The Morgan fingerprint density at radius 2 is 1.80 bits per heavy atom. The molecule has 2 aromatic heterocycles. The van der Waals surface area contributed by atoms with Crippen molar-refractivity contribution in [1.82, 2.24) is 15.2 Å². The van der Waals surface area contributed by atoms with Crippen molar-refractivity contribution in [3.8, 4) is 11.3 Å². The molecule has 25 heavy (non-hydrogen) atoms. The van der Waals surface area contributed by atoms with Crippen LogP contribution in [0.3, 0.4) is 0 Å². The van der Waals surface area contributed by atoms with Crippen molar-refractivity contribution in [2.24, 2.45) is 0 Å². The second-order valence-electron chi connectivity index (χ2n) is 5.54. The Hall–Kier alpha value is -3.12. The van der Waals surface area contributed by atoms with Crippen LogP contribution in [0.25, 0.3) is 22.2 Å². The highest BCUT2D eigenvalue weighted by molar-refractivity contribution is 7.13. The summed E-state index contributed by atoms with van der Waals surface area (Å²) in [5.74, 6) is -0.204. The third-order valence-corrected chi connectivity index (χ3v) is 4.60. The van der Waals surface area contributed by atoms with Crippen LogP contribution in [0.2, 0.25) is 0 Å². The lowest BCUT2D eigenvalue weighted by Crippen LogP contribution is -2.15. The fourth-order valence-corrected chi connectivity index (χ4v) is 3.30. The fraction of sp³-hybridized carbons (Fsp3) is 0.0526.